The van der Waals surface area contributed by atoms with Crippen LogP contribution < -0.4 is 11.1 Å². The molecule has 5 heteroatoms. The Morgan fingerprint density at radius 1 is 0.750 bits per heavy atom. The smallest absolute Gasteiger partial charge is 0.250 e. The summed E-state index contributed by atoms with van der Waals surface area (Å²) in [5.74, 6) is -0.451. The number of guanidine groups is 1. The summed E-state index contributed by atoms with van der Waals surface area (Å²) in [6, 6.07) is 28.9. The van der Waals surface area contributed by atoms with Crippen LogP contribution in [0.2, 0.25) is 0 Å². The molecule has 3 aromatic rings. The van der Waals surface area contributed by atoms with Gasteiger partial charge in [0, 0.05) is 17.2 Å². The molecule has 0 aromatic heterocycles. The number of carbonyl (C=O) groups is 1. The van der Waals surface area contributed by atoms with Gasteiger partial charge in [0.05, 0.1) is 0 Å². The number of hydrogen-bond acceptors (Lipinski definition) is 3. The highest BCUT2D eigenvalue weighted by atomic mass is 16.1. The summed E-state index contributed by atoms with van der Waals surface area (Å²) in [6.07, 6.45) is 3.10. The van der Waals surface area contributed by atoms with E-state index >= 15 is 0 Å². The van der Waals surface area contributed by atoms with Crippen LogP contribution in [-0.2, 0) is 4.79 Å². The zero-order valence-corrected chi connectivity index (χ0v) is 15.2. The maximum absolute atomic E-state index is 12.0. The maximum atomic E-state index is 12.0. The summed E-state index contributed by atoms with van der Waals surface area (Å²) >= 11 is 0. The van der Waals surface area contributed by atoms with Gasteiger partial charge < -0.3 is 5.73 Å². The zero-order valence-electron chi connectivity index (χ0n) is 15.2. The topological polar surface area (TPSA) is 79.8 Å². The van der Waals surface area contributed by atoms with Crippen LogP contribution in [0.1, 0.15) is 16.7 Å². The number of hydrogen-bond donors (Lipinski definition) is 2. The van der Waals surface area contributed by atoms with E-state index in [2.05, 4.69) is 15.5 Å². The molecule has 0 aliphatic carbocycles. The second-order valence-electron chi connectivity index (χ2n) is 5.90. The molecule has 0 aliphatic rings. The Labute approximate surface area is 163 Å². The molecule has 0 bridgehead atoms. The number of carbonyl (C=O) groups excluding carboxylic acids is 1. The zero-order chi connectivity index (χ0) is 19.6. The van der Waals surface area contributed by atoms with Gasteiger partial charge in [-0.05, 0) is 11.6 Å². The predicted molar refractivity (Wildman–Crippen MR) is 114 cm³/mol. The normalized spacial score (nSPS) is 11.2. The van der Waals surface area contributed by atoms with Gasteiger partial charge in [0.25, 0.3) is 5.91 Å². The van der Waals surface area contributed by atoms with Crippen molar-refractivity contribution in [3.8, 4) is 0 Å². The SMILES string of the molecule is N/C(=N\N=C(c1ccccc1)c1ccccc1)NC(=O)/C=C/c1ccccc1. The van der Waals surface area contributed by atoms with Crippen LogP contribution in [0.25, 0.3) is 6.08 Å². The van der Waals surface area contributed by atoms with Crippen molar-refractivity contribution in [3.63, 3.8) is 0 Å². The maximum Gasteiger partial charge on any atom is 0.250 e. The van der Waals surface area contributed by atoms with Crippen molar-refractivity contribution in [3.05, 3.63) is 114 Å². The van der Waals surface area contributed by atoms with E-state index in [4.69, 9.17) is 5.73 Å². The van der Waals surface area contributed by atoms with Gasteiger partial charge in [-0.3, -0.25) is 10.1 Å². The minimum atomic E-state index is -0.374. The molecule has 0 saturated carbocycles. The van der Waals surface area contributed by atoms with Gasteiger partial charge in [-0.15, -0.1) is 10.2 Å². The summed E-state index contributed by atoms with van der Waals surface area (Å²) in [7, 11) is 0. The van der Waals surface area contributed by atoms with Crippen LogP contribution in [0, 0.1) is 0 Å². The van der Waals surface area contributed by atoms with Gasteiger partial charge in [-0.1, -0.05) is 91.0 Å². The van der Waals surface area contributed by atoms with Crippen LogP contribution >= 0.6 is 0 Å². The number of rotatable bonds is 5. The first kappa shape index (κ1) is 18.8. The molecule has 0 saturated heterocycles. The highest BCUT2D eigenvalue weighted by Crippen LogP contribution is 2.11. The largest absolute Gasteiger partial charge is 0.368 e. The number of nitrogens with zero attached hydrogens (tertiary/aromatic N) is 2. The van der Waals surface area contributed by atoms with E-state index in [-0.39, 0.29) is 11.9 Å². The number of nitrogens with one attached hydrogen (secondary N) is 1. The van der Waals surface area contributed by atoms with Crippen molar-refractivity contribution < 1.29 is 4.79 Å². The Morgan fingerprint density at radius 3 is 1.79 bits per heavy atom. The van der Waals surface area contributed by atoms with Crippen LogP contribution in [0.15, 0.2) is 107 Å². The molecule has 138 valence electrons. The standard InChI is InChI=1S/C23H20N4O/c24-23(25-21(28)17-16-18-10-4-1-5-11-18)27-26-22(19-12-6-2-7-13-19)20-14-8-3-9-15-20/h1-17H,(H3,24,25,27,28)/b17-16+. The second-order valence-corrected chi connectivity index (χ2v) is 5.90. The number of nitrogens with two attached hydrogens (primary N) is 1. The van der Waals surface area contributed by atoms with Gasteiger partial charge in [0.2, 0.25) is 5.96 Å². The van der Waals surface area contributed by atoms with Gasteiger partial charge in [0.15, 0.2) is 0 Å². The van der Waals surface area contributed by atoms with Crippen LogP contribution in [0.4, 0.5) is 0 Å². The van der Waals surface area contributed by atoms with Crippen LogP contribution in [0.5, 0.6) is 0 Å². The highest BCUT2D eigenvalue weighted by Gasteiger charge is 2.06. The minimum absolute atomic E-state index is 0.0768. The fourth-order valence-electron chi connectivity index (χ4n) is 2.51. The summed E-state index contributed by atoms with van der Waals surface area (Å²) in [6.45, 7) is 0. The average Bonchev–Trinajstić information content (AvgIpc) is 2.75. The third-order valence-electron chi connectivity index (χ3n) is 3.83. The molecule has 0 aliphatic heterocycles. The molecular weight excluding hydrogens is 348 g/mol. The lowest BCUT2D eigenvalue weighted by molar-refractivity contribution is -0.115. The fourth-order valence-corrected chi connectivity index (χ4v) is 2.51. The van der Waals surface area contributed by atoms with Crippen molar-refractivity contribution in [2.45, 2.75) is 0 Å². The highest BCUT2D eigenvalue weighted by molar-refractivity contribution is 6.13. The Bertz CT molecular complexity index is 953. The molecule has 3 rings (SSSR count). The molecular formula is C23H20N4O. The first-order chi connectivity index (χ1) is 13.7. The Balaban J connectivity index is 1.76. The summed E-state index contributed by atoms with van der Waals surface area (Å²) < 4.78 is 0. The van der Waals surface area contributed by atoms with E-state index in [1.54, 1.807) is 6.08 Å². The summed E-state index contributed by atoms with van der Waals surface area (Å²) in [5, 5.41) is 10.8. The van der Waals surface area contributed by atoms with E-state index in [1.165, 1.54) is 6.08 Å². The molecule has 5 nitrogen and oxygen atoms in total. The number of benzene rings is 3. The van der Waals surface area contributed by atoms with Gasteiger partial charge >= 0.3 is 0 Å². The third kappa shape index (κ3) is 5.51. The lowest BCUT2D eigenvalue weighted by Crippen LogP contribution is -2.35. The van der Waals surface area contributed by atoms with Crippen molar-refractivity contribution in [2.24, 2.45) is 15.9 Å². The monoisotopic (exact) mass is 368 g/mol. The molecule has 0 fully saturated rings. The molecule has 3 N–H and O–H groups in total. The summed E-state index contributed by atoms with van der Waals surface area (Å²) in [5.41, 5.74) is 9.21. The first-order valence-electron chi connectivity index (χ1n) is 8.78. The van der Waals surface area contributed by atoms with E-state index in [1.807, 2.05) is 91.0 Å². The molecule has 0 spiro atoms. The average molecular weight is 368 g/mol. The van der Waals surface area contributed by atoms with Crippen molar-refractivity contribution >= 4 is 23.7 Å². The van der Waals surface area contributed by atoms with Crippen LogP contribution in [0.3, 0.4) is 0 Å². The molecule has 1 amide bonds. The van der Waals surface area contributed by atoms with E-state index in [9.17, 15) is 4.79 Å². The molecule has 0 radical (unpaired) electrons. The van der Waals surface area contributed by atoms with Gasteiger partial charge in [0.1, 0.15) is 5.71 Å². The minimum Gasteiger partial charge on any atom is -0.368 e. The van der Waals surface area contributed by atoms with Crippen LogP contribution in [-0.4, -0.2) is 17.6 Å². The Hall–Kier alpha value is -3.99. The van der Waals surface area contributed by atoms with Crippen molar-refractivity contribution in [1.29, 1.82) is 0 Å². The lowest BCUT2D eigenvalue weighted by atomic mass is 10.0. The first-order valence-corrected chi connectivity index (χ1v) is 8.78. The Morgan fingerprint density at radius 2 is 1.25 bits per heavy atom. The lowest BCUT2D eigenvalue weighted by Gasteiger charge is -2.05. The Kier molecular flexibility index (Phi) is 6.47. The van der Waals surface area contributed by atoms with E-state index in [0.717, 1.165) is 16.7 Å². The van der Waals surface area contributed by atoms with Gasteiger partial charge in [-0.2, -0.15) is 0 Å². The second kappa shape index (κ2) is 9.64. The molecule has 28 heavy (non-hydrogen) atoms. The molecule has 0 atom stereocenters. The molecule has 0 heterocycles. The van der Waals surface area contributed by atoms with E-state index in [0.29, 0.717) is 5.71 Å². The predicted octanol–water partition coefficient (Wildman–Crippen LogP) is 3.58. The molecule has 0 unspecified atom stereocenters. The third-order valence-corrected chi connectivity index (χ3v) is 3.83. The quantitative estimate of drug-likeness (QED) is 0.312. The fraction of sp³-hybridized carbons (Fsp3) is 0. The van der Waals surface area contributed by atoms with E-state index < -0.39 is 0 Å². The van der Waals surface area contributed by atoms with Crippen molar-refractivity contribution in [2.75, 3.05) is 0 Å². The number of amides is 1. The molecule has 3 aromatic carbocycles. The summed E-state index contributed by atoms with van der Waals surface area (Å²) in [4.78, 5) is 12.0. The van der Waals surface area contributed by atoms with Crippen molar-refractivity contribution in [1.82, 2.24) is 5.32 Å². The van der Waals surface area contributed by atoms with Gasteiger partial charge in [-0.25, -0.2) is 0 Å².